The lowest BCUT2D eigenvalue weighted by molar-refractivity contribution is 0.614. The van der Waals surface area contributed by atoms with E-state index in [1.165, 1.54) is 12.5 Å². The normalized spacial score (nSPS) is 14.9. The minimum atomic E-state index is -2.34. The van der Waals surface area contributed by atoms with Crippen LogP contribution in [-0.2, 0) is 9.73 Å². The Morgan fingerprint density at radius 3 is 2.86 bits per heavy atom. The van der Waals surface area contributed by atoms with Gasteiger partial charge in [0.15, 0.2) is 11.6 Å². The molecule has 0 saturated carbocycles. The molecule has 0 aromatic carbocycles. The molecule has 0 radical (unpaired) electrons. The smallest absolute Gasteiger partial charge is 0.197 e. The lowest BCUT2D eigenvalue weighted by Gasteiger charge is -2.01. The summed E-state index contributed by atoms with van der Waals surface area (Å²) in [6.45, 7) is 3.37. The van der Waals surface area contributed by atoms with Gasteiger partial charge in [0.2, 0.25) is 0 Å². The summed E-state index contributed by atoms with van der Waals surface area (Å²) in [6, 6.07) is 1.55. The van der Waals surface area contributed by atoms with E-state index in [1.54, 1.807) is 19.9 Å². The van der Waals surface area contributed by atoms with Crippen LogP contribution in [0.1, 0.15) is 12.5 Å². The summed E-state index contributed by atoms with van der Waals surface area (Å²) >= 11 is 0. The van der Waals surface area contributed by atoms with Crippen LogP contribution in [0.4, 0.5) is 10.2 Å². The molecule has 0 N–H and O–H groups in total. The van der Waals surface area contributed by atoms with E-state index >= 15 is 0 Å². The van der Waals surface area contributed by atoms with Gasteiger partial charge < -0.3 is 0 Å². The van der Waals surface area contributed by atoms with Gasteiger partial charge >= 0.3 is 0 Å². The first-order chi connectivity index (χ1) is 6.46. The molecular formula is C9H13FN2OS. The van der Waals surface area contributed by atoms with Gasteiger partial charge in [-0.2, -0.15) is 4.36 Å². The molecule has 0 fully saturated rings. The number of rotatable bonds is 2. The van der Waals surface area contributed by atoms with E-state index in [0.29, 0.717) is 11.3 Å². The average Bonchev–Trinajstić information content (AvgIpc) is 2.13. The molecule has 5 heteroatoms. The second-order valence-electron chi connectivity index (χ2n) is 3.10. The molecule has 3 nitrogen and oxygen atoms in total. The Labute approximate surface area is 83.6 Å². The predicted molar refractivity (Wildman–Crippen MR) is 55.6 cm³/mol. The Kier molecular flexibility index (Phi) is 3.21. The van der Waals surface area contributed by atoms with Gasteiger partial charge in [-0.1, -0.05) is 6.92 Å². The lowest BCUT2D eigenvalue weighted by atomic mass is 10.3. The molecule has 0 amide bonds. The quantitative estimate of drug-likeness (QED) is 0.761. The minimum absolute atomic E-state index is 0.0562. The maximum absolute atomic E-state index is 13.4. The van der Waals surface area contributed by atoms with Gasteiger partial charge in [0.1, 0.15) is 0 Å². The fourth-order valence-electron chi connectivity index (χ4n) is 0.837. The average molecular weight is 216 g/mol. The van der Waals surface area contributed by atoms with Crippen molar-refractivity contribution < 1.29 is 8.60 Å². The Balaban J connectivity index is 3.29. The molecule has 1 aromatic rings. The zero-order chi connectivity index (χ0) is 10.8. The third kappa shape index (κ3) is 2.51. The van der Waals surface area contributed by atoms with Gasteiger partial charge in [0.05, 0.1) is 9.73 Å². The van der Waals surface area contributed by atoms with Crippen molar-refractivity contribution in [1.29, 1.82) is 0 Å². The van der Waals surface area contributed by atoms with E-state index in [9.17, 15) is 8.60 Å². The molecule has 0 aliphatic rings. The van der Waals surface area contributed by atoms with Crippen LogP contribution in [0.5, 0.6) is 0 Å². The number of halogens is 1. The van der Waals surface area contributed by atoms with Gasteiger partial charge in [-0.05, 0) is 18.6 Å². The predicted octanol–water partition coefficient (Wildman–Crippen LogP) is 2.28. The first-order valence-corrected chi connectivity index (χ1v) is 6.36. The maximum atomic E-state index is 13.4. The molecule has 1 aromatic heterocycles. The standard InChI is InChI=1S/C9H13FN2OS/c1-4-14(3,13)12-9-8(10)7(2)5-6-11-9/h5-6H,4H2,1-3H3. The van der Waals surface area contributed by atoms with Crippen molar-refractivity contribution in [3.8, 4) is 0 Å². The van der Waals surface area contributed by atoms with Crippen molar-refractivity contribution in [3.05, 3.63) is 23.6 Å². The highest BCUT2D eigenvalue weighted by Gasteiger charge is 2.07. The lowest BCUT2D eigenvalue weighted by Crippen LogP contribution is -1.99. The third-order valence-corrected chi connectivity index (χ3v) is 3.51. The Morgan fingerprint density at radius 1 is 1.64 bits per heavy atom. The fourth-order valence-corrected chi connectivity index (χ4v) is 1.46. The maximum Gasteiger partial charge on any atom is 0.197 e. The third-order valence-electron chi connectivity index (χ3n) is 1.88. The highest BCUT2D eigenvalue weighted by molar-refractivity contribution is 7.93. The van der Waals surface area contributed by atoms with Crippen LogP contribution in [0.15, 0.2) is 16.6 Å². The first kappa shape index (κ1) is 11.1. The van der Waals surface area contributed by atoms with Crippen LogP contribution in [-0.4, -0.2) is 21.2 Å². The van der Waals surface area contributed by atoms with Gasteiger partial charge in [-0.15, -0.1) is 0 Å². The van der Waals surface area contributed by atoms with Crippen molar-refractivity contribution in [1.82, 2.24) is 4.98 Å². The van der Waals surface area contributed by atoms with Crippen molar-refractivity contribution in [2.45, 2.75) is 13.8 Å². The molecule has 0 saturated heterocycles. The summed E-state index contributed by atoms with van der Waals surface area (Å²) in [4.78, 5) is 3.75. The van der Waals surface area contributed by atoms with Crippen LogP contribution in [0.3, 0.4) is 0 Å². The number of pyridine rings is 1. The van der Waals surface area contributed by atoms with E-state index < -0.39 is 15.5 Å². The highest BCUT2D eigenvalue weighted by Crippen LogP contribution is 2.18. The minimum Gasteiger partial charge on any atom is -0.250 e. The topological polar surface area (TPSA) is 42.3 Å². The van der Waals surface area contributed by atoms with Crippen molar-refractivity contribution in [2.75, 3.05) is 12.0 Å². The van der Waals surface area contributed by atoms with Gasteiger partial charge in [0.25, 0.3) is 0 Å². The number of aromatic nitrogens is 1. The molecule has 0 aliphatic heterocycles. The van der Waals surface area contributed by atoms with E-state index in [0.717, 1.165) is 0 Å². The second-order valence-corrected chi connectivity index (χ2v) is 5.78. The molecule has 1 heterocycles. The molecule has 78 valence electrons. The van der Waals surface area contributed by atoms with Crippen LogP contribution >= 0.6 is 0 Å². The van der Waals surface area contributed by atoms with Crippen LogP contribution in [0, 0.1) is 12.7 Å². The molecule has 0 aliphatic carbocycles. The fraction of sp³-hybridized carbons (Fsp3) is 0.444. The van der Waals surface area contributed by atoms with E-state index in [1.807, 2.05) is 0 Å². The monoisotopic (exact) mass is 216 g/mol. The van der Waals surface area contributed by atoms with Gasteiger partial charge in [-0.25, -0.2) is 13.6 Å². The molecule has 0 spiro atoms. The summed E-state index contributed by atoms with van der Waals surface area (Å²) in [5.41, 5.74) is 0.463. The molecule has 1 atom stereocenters. The van der Waals surface area contributed by atoms with Crippen molar-refractivity contribution >= 4 is 15.5 Å². The zero-order valence-electron chi connectivity index (χ0n) is 8.45. The Hall–Kier alpha value is -0.970. The van der Waals surface area contributed by atoms with Crippen LogP contribution < -0.4 is 0 Å². The molecule has 14 heavy (non-hydrogen) atoms. The number of hydrogen-bond donors (Lipinski definition) is 0. The highest BCUT2D eigenvalue weighted by atomic mass is 32.2. The number of nitrogens with zero attached hydrogens (tertiary/aromatic N) is 2. The van der Waals surface area contributed by atoms with Crippen molar-refractivity contribution in [3.63, 3.8) is 0 Å². The number of hydrogen-bond acceptors (Lipinski definition) is 3. The van der Waals surface area contributed by atoms with E-state index in [2.05, 4.69) is 9.35 Å². The summed E-state index contributed by atoms with van der Waals surface area (Å²) in [7, 11) is -2.34. The van der Waals surface area contributed by atoms with E-state index in [-0.39, 0.29) is 5.82 Å². The summed E-state index contributed by atoms with van der Waals surface area (Å²) in [5, 5.41) is 0. The van der Waals surface area contributed by atoms with Crippen LogP contribution in [0.25, 0.3) is 0 Å². The second kappa shape index (κ2) is 4.04. The largest absolute Gasteiger partial charge is 0.250 e. The summed E-state index contributed by atoms with van der Waals surface area (Å²) < 4.78 is 28.8. The summed E-state index contributed by atoms with van der Waals surface area (Å²) in [6.07, 6.45) is 2.96. The van der Waals surface area contributed by atoms with Gasteiger partial charge in [0, 0.05) is 18.2 Å². The molecular weight excluding hydrogens is 203 g/mol. The SMILES string of the molecule is CCS(C)(=O)=Nc1nccc(C)c1F. The number of aryl methyl sites for hydroxylation is 1. The van der Waals surface area contributed by atoms with Crippen molar-refractivity contribution in [2.24, 2.45) is 4.36 Å². The van der Waals surface area contributed by atoms with E-state index in [4.69, 9.17) is 0 Å². The molecule has 1 unspecified atom stereocenters. The van der Waals surface area contributed by atoms with Gasteiger partial charge in [-0.3, -0.25) is 0 Å². The Morgan fingerprint density at radius 2 is 2.29 bits per heavy atom. The Bertz CT molecular complexity index is 450. The van der Waals surface area contributed by atoms with Crippen LogP contribution in [0.2, 0.25) is 0 Å². The zero-order valence-corrected chi connectivity index (χ0v) is 9.27. The molecule has 0 bridgehead atoms. The first-order valence-electron chi connectivity index (χ1n) is 4.27. The summed E-state index contributed by atoms with van der Waals surface area (Å²) in [5.74, 6) is -0.155. The molecule has 1 rings (SSSR count).